The molecule has 0 aromatic rings. The second kappa shape index (κ2) is 3.98. The first kappa shape index (κ1) is 9.64. The topological polar surface area (TPSA) is 66.8 Å². The van der Waals surface area contributed by atoms with Gasteiger partial charge in [0.25, 0.3) is 0 Å². The quantitative estimate of drug-likeness (QED) is 0.573. The van der Waals surface area contributed by atoms with Crippen LogP contribution in [0.1, 0.15) is 19.3 Å². The predicted molar refractivity (Wildman–Crippen MR) is 41.4 cm³/mol. The molecule has 1 fully saturated rings. The van der Waals surface area contributed by atoms with Crippen molar-refractivity contribution in [3.63, 3.8) is 0 Å². The predicted octanol–water partition coefficient (Wildman–Crippen LogP) is -0.317. The van der Waals surface area contributed by atoms with E-state index < -0.39 is 11.7 Å². The highest BCUT2D eigenvalue weighted by Gasteiger charge is 2.40. The van der Waals surface area contributed by atoms with Crippen molar-refractivity contribution >= 4 is 6.29 Å². The Labute approximate surface area is 71.2 Å². The Kier molecular flexibility index (Phi) is 3.20. The number of rotatable bonds is 4. The number of aldehydes is 1. The van der Waals surface area contributed by atoms with E-state index in [2.05, 4.69) is 0 Å². The standard InChI is InChI=1S/C8H14O4/c9-4-2-7(6-10)8(11)3-1-5-12-8/h6-7,9,11H,1-5H2. The van der Waals surface area contributed by atoms with Gasteiger partial charge in [0.1, 0.15) is 6.29 Å². The molecule has 0 radical (unpaired) electrons. The molecule has 0 spiro atoms. The molecule has 0 saturated carbocycles. The SMILES string of the molecule is O=CC(CCO)C1(O)CCCO1. The Hall–Kier alpha value is -0.450. The molecule has 0 aromatic heterocycles. The summed E-state index contributed by atoms with van der Waals surface area (Å²) in [5.41, 5.74) is 0. The largest absolute Gasteiger partial charge is 0.396 e. The molecule has 70 valence electrons. The molecular formula is C8H14O4. The molecule has 1 aliphatic rings. The fourth-order valence-corrected chi connectivity index (χ4v) is 1.48. The highest BCUT2D eigenvalue weighted by Crippen LogP contribution is 2.31. The summed E-state index contributed by atoms with van der Waals surface area (Å²) >= 11 is 0. The summed E-state index contributed by atoms with van der Waals surface area (Å²) in [7, 11) is 0. The lowest BCUT2D eigenvalue weighted by Gasteiger charge is -2.26. The monoisotopic (exact) mass is 174 g/mol. The molecule has 0 bridgehead atoms. The van der Waals surface area contributed by atoms with Crippen molar-refractivity contribution in [3.05, 3.63) is 0 Å². The molecule has 0 amide bonds. The minimum Gasteiger partial charge on any atom is -0.396 e. The molecule has 0 aromatic carbocycles. The van der Waals surface area contributed by atoms with E-state index in [0.717, 1.165) is 6.42 Å². The van der Waals surface area contributed by atoms with Gasteiger partial charge in [0.05, 0.1) is 12.5 Å². The minimum atomic E-state index is -1.32. The van der Waals surface area contributed by atoms with Crippen molar-refractivity contribution in [2.45, 2.75) is 25.0 Å². The first-order valence-electron chi connectivity index (χ1n) is 4.15. The lowest BCUT2D eigenvalue weighted by atomic mass is 9.94. The zero-order chi connectivity index (χ0) is 9.03. The molecule has 2 atom stereocenters. The van der Waals surface area contributed by atoms with Crippen LogP contribution in [0, 0.1) is 5.92 Å². The number of aliphatic hydroxyl groups excluding tert-OH is 1. The normalized spacial score (nSPS) is 31.8. The van der Waals surface area contributed by atoms with Gasteiger partial charge in [0, 0.05) is 13.0 Å². The Morgan fingerprint density at radius 2 is 2.42 bits per heavy atom. The molecule has 1 aliphatic heterocycles. The van der Waals surface area contributed by atoms with Crippen LogP contribution in [0.2, 0.25) is 0 Å². The van der Waals surface area contributed by atoms with Crippen LogP contribution < -0.4 is 0 Å². The fraction of sp³-hybridized carbons (Fsp3) is 0.875. The van der Waals surface area contributed by atoms with Gasteiger partial charge in [-0.3, -0.25) is 0 Å². The second-order valence-electron chi connectivity index (χ2n) is 3.05. The van der Waals surface area contributed by atoms with Gasteiger partial charge in [-0.05, 0) is 12.8 Å². The van der Waals surface area contributed by atoms with Crippen LogP contribution in [-0.2, 0) is 9.53 Å². The van der Waals surface area contributed by atoms with E-state index in [-0.39, 0.29) is 13.0 Å². The summed E-state index contributed by atoms with van der Waals surface area (Å²) in [6.45, 7) is 0.390. The van der Waals surface area contributed by atoms with E-state index in [4.69, 9.17) is 9.84 Å². The van der Waals surface area contributed by atoms with Crippen molar-refractivity contribution in [1.82, 2.24) is 0 Å². The highest BCUT2D eigenvalue weighted by atomic mass is 16.6. The number of hydrogen-bond donors (Lipinski definition) is 2. The lowest BCUT2D eigenvalue weighted by Crippen LogP contribution is -2.38. The Morgan fingerprint density at radius 3 is 2.83 bits per heavy atom. The van der Waals surface area contributed by atoms with E-state index in [9.17, 15) is 9.90 Å². The molecular weight excluding hydrogens is 160 g/mol. The molecule has 4 heteroatoms. The van der Waals surface area contributed by atoms with Crippen LogP contribution >= 0.6 is 0 Å². The van der Waals surface area contributed by atoms with Gasteiger partial charge in [0.15, 0.2) is 5.79 Å². The van der Waals surface area contributed by atoms with Crippen LogP contribution in [-0.4, -0.2) is 35.5 Å². The first-order valence-corrected chi connectivity index (χ1v) is 4.15. The number of ether oxygens (including phenoxy) is 1. The molecule has 12 heavy (non-hydrogen) atoms. The van der Waals surface area contributed by atoms with Gasteiger partial charge in [-0.2, -0.15) is 0 Å². The van der Waals surface area contributed by atoms with Crippen molar-refractivity contribution in [1.29, 1.82) is 0 Å². The summed E-state index contributed by atoms with van der Waals surface area (Å²) in [5, 5.41) is 18.3. The summed E-state index contributed by atoms with van der Waals surface area (Å²) in [6, 6.07) is 0. The number of carbonyl (C=O) groups excluding carboxylic acids is 1. The van der Waals surface area contributed by atoms with Gasteiger partial charge in [-0.1, -0.05) is 0 Å². The Bertz CT molecular complexity index is 151. The van der Waals surface area contributed by atoms with Gasteiger partial charge in [-0.15, -0.1) is 0 Å². The van der Waals surface area contributed by atoms with Gasteiger partial charge < -0.3 is 19.7 Å². The van der Waals surface area contributed by atoms with E-state index in [1.807, 2.05) is 0 Å². The van der Waals surface area contributed by atoms with Crippen LogP contribution in [0.25, 0.3) is 0 Å². The van der Waals surface area contributed by atoms with Crippen molar-refractivity contribution in [2.24, 2.45) is 5.92 Å². The summed E-state index contributed by atoms with van der Waals surface area (Å²) < 4.78 is 5.06. The van der Waals surface area contributed by atoms with Gasteiger partial charge in [0.2, 0.25) is 0 Å². The third-order valence-electron chi connectivity index (χ3n) is 2.22. The van der Waals surface area contributed by atoms with Crippen molar-refractivity contribution in [2.75, 3.05) is 13.2 Å². The third kappa shape index (κ3) is 1.83. The number of aliphatic hydroxyl groups is 2. The first-order chi connectivity index (χ1) is 5.73. The third-order valence-corrected chi connectivity index (χ3v) is 2.22. The Balaban J connectivity index is 2.56. The number of hydrogen-bond acceptors (Lipinski definition) is 4. The maximum atomic E-state index is 10.5. The van der Waals surface area contributed by atoms with E-state index in [1.54, 1.807) is 0 Å². The van der Waals surface area contributed by atoms with Crippen LogP contribution in [0.4, 0.5) is 0 Å². The minimum absolute atomic E-state index is 0.102. The van der Waals surface area contributed by atoms with E-state index in [0.29, 0.717) is 19.3 Å². The zero-order valence-corrected chi connectivity index (χ0v) is 6.90. The van der Waals surface area contributed by atoms with Crippen molar-refractivity contribution < 1.29 is 19.7 Å². The second-order valence-corrected chi connectivity index (χ2v) is 3.05. The maximum Gasteiger partial charge on any atom is 0.175 e. The molecule has 1 saturated heterocycles. The van der Waals surface area contributed by atoms with Crippen LogP contribution in [0.3, 0.4) is 0 Å². The smallest absolute Gasteiger partial charge is 0.175 e. The average molecular weight is 174 g/mol. The molecule has 2 N–H and O–H groups in total. The summed E-state index contributed by atoms with van der Waals surface area (Å²) in [4.78, 5) is 10.5. The van der Waals surface area contributed by atoms with E-state index in [1.165, 1.54) is 0 Å². The zero-order valence-electron chi connectivity index (χ0n) is 6.90. The molecule has 2 unspecified atom stereocenters. The van der Waals surface area contributed by atoms with Crippen LogP contribution in [0.5, 0.6) is 0 Å². The Morgan fingerprint density at radius 1 is 1.67 bits per heavy atom. The molecule has 0 aliphatic carbocycles. The molecule has 1 heterocycles. The van der Waals surface area contributed by atoms with Gasteiger partial charge in [-0.25, -0.2) is 0 Å². The highest BCUT2D eigenvalue weighted by molar-refractivity contribution is 5.55. The maximum absolute atomic E-state index is 10.5. The lowest BCUT2D eigenvalue weighted by molar-refractivity contribution is -0.204. The number of carbonyl (C=O) groups is 1. The molecule has 1 rings (SSSR count). The van der Waals surface area contributed by atoms with Gasteiger partial charge >= 0.3 is 0 Å². The molecule has 4 nitrogen and oxygen atoms in total. The van der Waals surface area contributed by atoms with Crippen LogP contribution in [0.15, 0.2) is 0 Å². The van der Waals surface area contributed by atoms with E-state index >= 15 is 0 Å². The fourth-order valence-electron chi connectivity index (χ4n) is 1.48. The average Bonchev–Trinajstić information content (AvgIpc) is 2.49. The summed E-state index contributed by atoms with van der Waals surface area (Å²) in [6.07, 6.45) is 2.17. The van der Waals surface area contributed by atoms with Crippen molar-refractivity contribution in [3.8, 4) is 0 Å². The summed E-state index contributed by atoms with van der Waals surface area (Å²) in [5.74, 6) is -1.91.